The van der Waals surface area contributed by atoms with Crippen LogP contribution in [-0.4, -0.2) is 32.9 Å². The summed E-state index contributed by atoms with van der Waals surface area (Å²) in [4.78, 5) is 0. The minimum Gasteiger partial charge on any atom is -0.491 e. The van der Waals surface area contributed by atoms with Crippen LogP contribution in [0.2, 0.25) is 0 Å². The maximum Gasteiger partial charge on any atom is 0.165 e. The Morgan fingerprint density at radius 2 is 2.06 bits per heavy atom. The van der Waals surface area contributed by atoms with E-state index in [1.54, 1.807) is 0 Å². The second-order valence-electron chi connectivity index (χ2n) is 4.13. The Balaban J connectivity index is 1.97. The first-order chi connectivity index (χ1) is 8.29. The average Bonchev–Trinajstić information content (AvgIpc) is 2.36. The van der Waals surface area contributed by atoms with Crippen molar-refractivity contribution in [3.63, 3.8) is 0 Å². The summed E-state index contributed by atoms with van der Waals surface area (Å²) < 4.78 is 16.8. The molecule has 2 rings (SSSR count). The SMILES string of the molecule is CNCCC(C)Oc1ccc2c(c1)OCCO2. The number of ether oxygens (including phenoxy) is 3. The number of nitrogens with one attached hydrogen (secondary N) is 1. The van der Waals surface area contributed by atoms with Crippen LogP contribution in [0, 0.1) is 0 Å². The maximum absolute atomic E-state index is 5.81. The topological polar surface area (TPSA) is 39.7 Å². The minimum absolute atomic E-state index is 0.185. The molecule has 1 heterocycles. The number of hydrogen-bond donors (Lipinski definition) is 1. The molecule has 0 aromatic heterocycles. The van der Waals surface area contributed by atoms with Crippen LogP contribution in [0.4, 0.5) is 0 Å². The summed E-state index contributed by atoms with van der Waals surface area (Å²) in [6.45, 7) is 4.23. The summed E-state index contributed by atoms with van der Waals surface area (Å²) in [5.41, 5.74) is 0. The number of fused-ring (bicyclic) bond motifs is 1. The molecule has 1 N–H and O–H groups in total. The van der Waals surface area contributed by atoms with E-state index in [2.05, 4.69) is 12.2 Å². The van der Waals surface area contributed by atoms with Crippen molar-refractivity contribution < 1.29 is 14.2 Å². The van der Waals surface area contributed by atoms with Crippen LogP contribution >= 0.6 is 0 Å². The predicted molar refractivity (Wildman–Crippen MR) is 66.1 cm³/mol. The van der Waals surface area contributed by atoms with Gasteiger partial charge in [0.25, 0.3) is 0 Å². The van der Waals surface area contributed by atoms with E-state index in [9.17, 15) is 0 Å². The van der Waals surface area contributed by atoms with E-state index < -0.39 is 0 Å². The fraction of sp³-hybridized carbons (Fsp3) is 0.538. The molecule has 0 spiro atoms. The van der Waals surface area contributed by atoms with Gasteiger partial charge in [0, 0.05) is 6.07 Å². The quantitative estimate of drug-likeness (QED) is 0.848. The molecule has 0 saturated heterocycles. The zero-order valence-electron chi connectivity index (χ0n) is 10.4. The molecule has 0 fully saturated rings. The third-order valence-electron chi connectivity index (χ3n) is 2.65. The minimum atomic E-state index is 0.185. The molecule has 1 atom stereocenters. The van der Waals surface area contributed by atoms with Crippen LogP contribution in [0.25, 0.3) is 0 Å². The summed E-state index contributed by atoms with van der Waals surface area (Å²) in [6, 6.07) is 5.71. The van der Waals surface area contributed by atoms with Gasteiger partial charge in [-0.05, 0) is 39.1 Å². The van der Waals surface area contributed by atoms with E-state index in [1.807, 2.05) is 25.2 Å². The second kappa shape index (κ2) is 5.77. The van der Waals surface area contributed by atoms with Crippen molar-refractivity contribution in [1.29, 1.82) is 0 Å². The molecule has 1 aromatic rings. The summed E-state index contributed by atoms with van der Waals surface area (Å²) >= 11 is 0. The van der Waals surface area contributed by atoms with Gasteiger partial charge in [0.2, 0.25) is 0 Å². The highest BCUT2D eigenvalue weighted by Crippen LogP contribution is 2.33. The van der Waals surface area contributed by atoms with Gasteiger partial charge in [0.15, 0.2) is 11.5 Å². The first-order valence-corrected chi connectivity index (χ1v) is 6.00. The third-order valence-corrected chi connectivity index (χ3v) is 2.65. The van der Waals surface area contributed by atoms with Gasteiger partial charge in [-0.1, -0.05) is 0 Å². The normalized spacial score (nSPS) is 15.4. The lowest BCUT2D eigenvalue weighted by atomic mass is 10.2. The van der Waals surface area contributed by atoms with Gasteiger partial charge in [0.05, 0.1) is 6.10 Å². The molecule has 1 aliphatic rings. The molecular weight excluding hydrogens is 218 g/mol. The Hall–Kier alpha value is -1.42. The van der Waals surface area contributed by atoms with Crippen LogP contribution < -0.4 is 19.5 Å². The van der Waals surface area contributed by atoms with E-state index >= 15 is 0 Å². The van der Waals surface area contributed by atoms with Crippen molar-refractivity contribution in [2.24, 2.45) is 0 Å². The van der Waals surface area contributed by atoms with Crippen LogP contribution in [0.1, 0.15) is 13.3 Å². The van der Waals surface area contributed by atoms with Crippen molar-refractivity contribution in [1.82, 2.24) is 5.32 Å². The summed E-state index contributed by atoms with van der Waals surface area (Å²) in [6.07, 6.45) is 1.16. The summed E-state index contributed by atoms with van der Waals surface area (Å²) in [5, 5.41) is 3.11. The molecule has 4 nitrogen and oxygen atoms in total. The molecule has 0 bridgehead atoms. The van der Waals surface area contributed by atoms with Crippen molar-refractivity contribution >= 4 is 0 Å². The number of rotatable bonds is 5. The first kappa shape index (κ1) is 12.0. The highest BCUT2D eigenvalue weighted by Gasteiger charge is 2.13. The largest absolute Gasteiger partial charge is 0.491 e. The lowest BCUT2D eigenvalue weighted by Gasteiger charge is -2.20. The molecular formula is C13H19NO3. The Labute approximate surface area is 102 Å². The lowest BCUT2D eigenvalue weighted by molar-refractivity contribution is 0.168. The standard InChI is InChI=1S/C13H19NO3/c1-10(5-6-14-2)17-11-3-4-12-13(9-11)16-8-7-15-12/h3-4,9-10,14H,5-8H2,1-2H3. The Morgan fingerprint density at radius 1 is 1.29 bits per heavy atom. The smallest absolute Gasteiger partial charge is 0.165 e. The van der Waals surface area contributed by atoms with E-state index in [4.69, 9.17) is 14.2 Å². The van der Waals surface area contributed by atoms with Gasteiger partial charge in [-0.3, -0.25) is 0 Å². The average molecular weight is 237 g/mol. The maximum atomic E-state index is 5.81. The van der Waals surface area contributed by atoms with Crippen molar-refractivity contribution in [3.8, 4) is 17.2 Å². The summed E-state index contributed by atoms with van der Waals surface area (Å²) in [5.74, 6) is 2.40. The van der Waals surface area contributed by atoms with Gasteiger partial charge >= 0.3 is 0 Å². The van der Waals surface area contributed by atoms with Crippen molar-refractivity contribution in [2.45, 2.75) is 19.4 Å². The van der Waals surface area contributed by atoms with Crippen molar-refractivity contribution in [3.05, 3.63) is 18.2 Å². The van der Waals surface area contributed by atoms with Gasteiger partial charge in [-0.25, -0.2) is 0 Å². The van der Waals surface area contributed by atoms with Crippen LogP contribution in [0.3, 0.4) is 0 Å². The first-order valence-electron chi connectivity index (χ1n) is 6.00. The lowest BCUT2D eigenvalue weighted by Crippen LogP contribution is -2.19. The van der Waals surface area contributed by atoms with Crippen LogP contribution in [0.15, 0.2) is 18.2 Å². The van der Waals surface area contributed by atoms with Crippen LogP contribution in [0.5, 0.6) is 17.2 Å². The van der Waals surface area contributed by atoms with E-state index in [-0.39, 0.29) is 6.10 Å². The Morgan fingerprint density at radius 3 is 2.82 bits per heavy atom. The zero-order chi connectivity index (χ0) is 12.1. The van der Waals surface area contributed by atoms with Gasteiger partial charge in [0.1, 0.15) is 19.0 Å². The molecule has 94 valence electrons. The second-order valence-corrected chi connectivity index (χ2v) is 4.13. The number of hydrogen-bond acceptors (Lipinski definition) is 4. The zero-order valence-corrected chi connectivity index (χ0v) is 10.4. The molecule has 1 aromatic carbocycles. The monoisotopic (exact) mass is 237 g/mol. The molecule has 0 saturated carbocycles. The third kappa shape index (κ3) is 3.27. The van der Waals surface area contributed by atoms with E-state index in [1.165, 1.54) is 0 Å². The molecule has 17 heavy (non-hydrogen) atoms. The highest BCUT2D eigenvalue weighted by atomic mass is 16.6. The van der Waals surface area contributed by atoms with E-state index in [0.29, 0.717) is 13.2 Å². The predicted octanol–water partition coefficient (Wildman–Crippen LogP) is 1.83. The Kier molecular flexibility index (Phi) is 4.09. The molecule has 0 amide bonds. The fourth-order valence-electron chi connectivity index (χ4n) is 1.74. The fourth-order valence-corrected chi connectivity index (χ4v) is 1.74. The van der Waals surface area contributed by atoms with Gasteiger partial charge in [-0.2, -0.15) is 0 Å². The van der Waals surface area contributed by atoms with Gasteiger partial charge < -0.3 is 19.5 Å². The van der Waals surface area contributed by atoms with Crippen molar-refractivity contribution in [2.75, 3.05) is 26.8 Å². The molecule has 1 aliphatic heterocycles. The van der Waals surface area contributed by atoms with Gasteiger partial charge in [-0.15, -0.1) is 0 Å². The Bertz CT molecular complexity index is 368. The molecule has 1 unspecified atom stereocenters. The van der Waals surface area contributed by atoms with Crippen LogP contribution in [-0.2, 0) is 0 Å². The summed E-state index contributed by atoms with van der Waals surface area (Å²) in [7, 11) is 1.94. The van der Waals surface area contributed by atoms with E-state index in [0.717, 1.165) is 30.2 Å². The molecule has 4 heteroatoms. The highest BCUT2D eigenvalue weighted by molar-refractivity contribution is 5.46. The molecule has 0 aliphatic carbocycles. The number of benzene rings is 1. The molecule has 0 radical (unpaired) electrons.